The van der Waals surface area contributed by atoms with Gasteiger partial charge in [0, 0.05) is 24.7 Å². The van der Waals surface area contributed by atoms with Gasteiger partial charge in [-0.1, -0.05) is 17.9 Å². The molecule has 1 aromatic rings. The van der Waals surface area contributed by atoms with Gasteiger partial charge in [0.2, 0.25) is 0 Å². The third-order valence-electron chi connectivity index (χ3n) is 3.03. The molecule has 0 heterocycles. The van der Waals surface area contributed by atoms with Gasteiger partial charge in [-0.15, -0.1) is 0 Å². The van der Waals surface area contributed by atoms with Crippen molar-refractivity contribution in [3.05, 3.63) is 34.9 Å². The lowest BCUT2D eigenvalue weighted by atomic mass is 10.0. The third kappa shape index (κ3) is 4.69. The van der Waals surface area contributed by atoms with Crippen molar-refractivity contribution >= 4 is 5.91 Å². The number of nitrogens with two attached hydrogens (primary N) is 1. The van der Waals surface area contributed by atoms with Gasteiger partial charge in [0.15, 0.2) is 0 Å². The maximum atomic E-state index is 12.4. The minimum atomic E-state index is -0.409. The highest BCUT2D eigenvalue weighted by Crippen LogP contribution is 2.13. The van der Waals surface area contributed by atoms with Crippen molar-refractivity contribution in [3.8, 4) is 11.8 Å². The van der Waals surface area contributed by atoms with Crippen LogP contribution in [0.1, 0.15) is 34.8 Å². The molecule has 0 bridgehead atoms. The van der Waals surface area contributed by atoms with Crippen molar-refractivity contribution in [1.82, 2.24) is 4.90 Å². The van der Waals surface area contributed by atoms with E-state index in [0.29, 0.717) is 25.1 Å². The fourth-order valence-corrected chi connectivity index (χ4v) is 1.77. The molecule has 0 aliphatic carbocycles. The molecule has 1 aromatic carbocycles. The van der Waals surface area contributed by atoms with Crippen molar-refractivity contribution in [3.63, 3.8) is 0 Å². The highest BCUT2D eigenvalue weighted by molar-refractivity contribution is 5.95. The van der Waals surface area contributed by atoms with Gasteiger partial charge < -0.3 is 15.7 Å². The third-order valence-corrected chi connectivity index (χ3v) is 3.03. The summed E-state index contributed by atoms with van der Waals surface area (Å²) in [4.78, 5) is 14.0. The van der Waals surface area contributed by atoms with Gasteiger partial charge in [-0.05, 0) is 38.0 Å². The summed E-state index contributed by atoms with van der Waals surface area (Å²) < 4.78 is 0. The van der Waals surface area contributed by atoms with Gasteiger partial charge in [0.05, 0.1) is 12.6 Å². The molecule has 0 spiro atoms. The van der Waals surface area contributed by atoms with Crippen LogP contribution in [0.3, 0.4) is 0 Å². The predicted molar refractivity (Wildman–Crippen MR) is 80.4 cm³/mol. The van der Waals surface area contributed by atoms with Crippen LogP contribution >= 0.6 is 0 Å². The zero-order valence-corrected chi connectivity index (χ0v) is 12.3. The minimum Gasteiger partial charge on any atom is -0.393 e. The van der Waals surface area contributed by atoms with E-state index in [1.165, 1.54) is 0 Å². The van der Waals surface area contributed by atoms with E-state index < -0.39 is 6.10 Å². The molecule has 0 aliphatic heterocycles. The molecule has 1 rings (SSSR count). The van der Waals surface area contributed by atoms with E-state index in [-0.39, 0.29) is 5.91 Å². The first-order valence-electron chi connectivity index (χ1n) is 6.68. The molecule has 4 nitrogen and oxygen atoms in total. The second-order valence-corrected chi connectivity index (χ2v) is 4.90. The number of nitrogens with zero attached hydrogens (tertiary/aromatic N) is 1. The van der Waals surface area contributed by atoms with Crippen LogP contribution in [-0.4, -0.2) is 42.2 Å². The summed E-state index contributed by atoms with van der Waals surface area (Å²) >= 11 is 0. The van der Waals surface area contributed by atoms with Gasteiger partial charge >= 0.3 is 0 Å². The topological polar surface area (TPSA) is 66.6 Å². The maximum absolute atomic E-state index is 12.4. The summed E-state index contributed by atoms with van der Waals surface area (Å²) in [5.41, 5.74) is 7.69. The number of amides is 1. The lowest BCUT2D eigenvalue weighted by Gasteiger charge is -2.19. The Morgan fingerprint density at radius 1 is 1.50 bits per heavy atom. The second kappa shape index (κ2) is 7.68. The smallest absolute Gasteiger partial charge is 0.253 e. The summed E-state index contributed by atoms with van der Waals surface area (Å²) in [6.45, 7) is 4.43. The number of hydrogen-bond acceptors (Lipinski definition) is 3. The molecule has 1 unspecified atom stereocenters. The molecular weight excluding hydrogens is 252 g/mol. The minimum absolute atomic E-state index is 0.0560. The zero-order chi connectivity index (χ0) is 15.1. The van der Waals surface area contributed by atoms with Crippen molar-refractivity contribution < 1.29 is 9.90 Å². The molecule has 1 amide bonds. The van der Waals surface area contributed by atoms with Gasteiger partial charge in [-0.25, -0.2) is 0 Å². The Labute approximate surface area is 120 Å². The summed E-state index contributed by atoms with van der Waals surface area (Å²) in [5, 5.41) is 9.28. The highest BCUT2D eigenvalue weighted by atomic mass is 16.3. The maximum Gasteiger partial charge on any atom is 0.253 e. The van der Waals surface area contributed by atoms with Crippen molar-refractivity contribution in [2.24, 2.45) is 5.73 Å². The number of benzene rings is 1. The summed E-state index contributed by atoms with van der Waals surface area (Å²) in [6, 6.07) is 5.56. The molecule has 0 saturated carbocycles. The molecule has 0 aromatic heterocycles. The molecule has 1 atom stereocenters. The van der Waals surface area contributed by atoms with E-state index in [4.69, 9.17) is 5.73 Å². The monoisotopic (exact) mass is 274 g/mol. The SMILES string of the molecule is Cc1ccc(C#CCN)cc1C(=O)N(C)CCC(C)O. The lowest BCUT2D eigenvalue weighted by molar-refractivity contribution is 0.0768. The molecule has 0 aliphatic rings. The van der Waals surface area contributed by atoms with Gasteiger partial charge in [-0.2, -0.15) is 0 Å². The largest absolute Gasteiger partial charge is 0.393 e. The van der Waals surface area contributed by atoms with E-state index in [2.05, 4.69) is 11.8 Å². The summed E-state index contributed by atoms with van der Waals surface area (Å²) in [7, 11) is 1.74. The quantitative estimate of drug-likeness (QED) is 0.809. The fourth-order valence-electron chi connectivity index (χ4n) is 1.77. The van der Waals surface area contributed by atoms with Crippen LogP contribution in [0.4, 0.5) is 0 Å². The Morgan fingerprint density at radius 2 is 2.20 bits per heavy atom. The number of aliphatic hydroxyl groups is 1. The van der Waals surface area contributed by atoms with E-state index in [1.807, 2.05) is 19.1 Å². The van der Waals surface area contributed by atoms with Crippen LogP contribution in [0, 0.1) is 18.8 Å². The molecule has 0 radical (unpaired) electrons. The first-order valence-corrected chi connectivity index (χ1v) is 6.68. The zero-order valence-electron chi connectivity index (χ0n) is 12.3. The van der Waals surface area contributed by atoms with Gasteiger partial charge in [0.1, 0.15) is 0 Å². The number of aryl methyl sites for hydroxylation is 1. The lowest BCUT2D eigenvalue weighted by Crippen LogP contribution is -2.30. The normalized spacial score (nSPS) is 11.4. The Hall–Kier alpha value is -1.83. The average Bonchev–Trinajstić information content (AvgIpc) is 2.43. The molecule has 0 saturated heterocycles. The van der Waals surface area contributed by atoms with E-state index in [0.717, 1.165) is 11.1 Å². The van der Waals surface area contributed by atoms with Crippen molar-refractivity contribution in [2.45, 2.75) is 26.4 Å². The molecule has 108 valence electrons. The van der Waals surface area contributed by atoms with Crippen molar-refractivity contribution in [1.29, 1.82) is 0 Å². The average molecular weight is 274 g/mol. The number of rotatable bonds is 4. The van der Waals surface area contributed by atoms with Crippen LogP contribution in [0.5, 0.6) is 0 Å². The summed E-state index contributed by atoms with van der Waals surface area (Å²) in [5.74, 6) is 5.65. The first kappa shape index (κ1) is 16.2. The molecule has 0 fully saturated rings. The van der Waals surface area contributed by atoms with Crippen molar-refractivity contribution in [2.75, 3.05) is 20.1 Å². The molecule has 20 heavy (non-hydrogen) atoms. The number of hydrogen-bond donors (Lipinski definition) is 2. The van der Waals surface area contributed by atoms with E-state index in [1.54, 1.807) is 24.9 Å². The second-order valence-electron chi connectivity index (χ2n) is 4.90. The highest BCUT2D eigenvalue weighted by Gasteiger charge is 2.14. The Balaban J connectivity index is 2.91. The molecule has 4 heteroatoms. The fraction of sp³-hybridized carbons (Fsp3) is 0.438. The van der Waals surface area contributed by atoms with Gasteiger partial charge in [0.25, 0.3) is 5.91 Å². The Morgan fingerprint density at radius 3 is 2.80 bits per heavy atom. The number of aliphatic hydroxyl groups excluding tert-OH is 1. The standard InChI is InChI=1S/C16H22N2O2/c1-12-6-7-14(5-4-9-17)11-15(12)16(20)18(3)10-8-13(2)19/h6-7,11,13,19H,8-10,17H2,1-3H3. The van der Waals surface area contributed by atoms with Crippen LogP contribution in [-0.2, 0) is 0 Å². The summed E-state index contributed by atoms with van der Waals surface area (Å²) in [6.07, 6.45) is 0.154. The molecule has 3 N–H and O–H groups in total. The van der Waals surface area contributed by atoms with E-state index >= 15 is 0 Å². The van der Waals surface area contributed by atoms with Crippen LogP contribution in [0.2, 0.25) is 0 Å². The van der Waals surface area contributed by atoms with Crippen LogP contribution < -0.4 is 5.73 Å². The Kier molecular flexibility index (Phi) is 6.23. The van der Waals surface area contributed by atoms with Crippen LogP contribution in [0.25, 0.3) is 0 Å². The van der Waals surface area contributed by atoms with Gasteiger partial charge in [-0.3, -0.25) is 4.79 Å². The predicted octanol–water partition coefficient (Wildman–Crippen LogP) is 1.15. The Bertz CT molecular complexity index is 527. The van der Waals surface area contributed by atoms with Crippen LogP contribution in [0.15, 0.2) is 18.2 Å². The number of carbonyl (C=O) groups is 1. The number of carbonyl (C=O) groups excluding carboxylic acids is 1. The molecular formula is C16H22N2O2. The first-order chi connectivity index (χ1) is 9.45. The van der Waals surface area contributed by atoms with E-state index in [9.17, 15) is 9.90 Å².